The third-order valence-corrected chi connectivity index (χ3v) is 5.76. The molecule has 8 heteroatoms. The van der Waals surface area contributed by atoms with Gasteiger partial charge in [-0.1, -0.05) is 13.8 Å². The summed E-state index contributed by atoms with van der Waals surface area (Å²) in [4.78, 5) is 32.6. The van der Waals surface area contributed by atoms with Crippen LogP contribution in [0, 0.1) is 5.82 Å². The third kappa shape index (κ3) is 3.89. The molecule has 4 rings (SSSR count). The van der Waals surface area contributed by atoms with Crippen molar-refractivity contribution in [1.29, 1.82) is 0 Å². The molecular weight excluding hydrogens is 397 g/mol. The first-order valence-electron chi connectivity index (χ1n) is 10.4. The molecule has 0 bridgehead atoms. The monoisotopic (exact) mass is 423 g/mol. The fourth-order valence-electron chi connectivity index (χ4n) is 4.09. The van der Waals surface area contributed by atoms with Gasteiger partial charge in [0.2, 0.25) is 6.41 Å². The summed E-state index contributed by atoms with van der Waals surface area (Å²) in [6.07, 6.45) is 2.48. The van der Waals surface area contributed by atoms with Gasteiger partial charge in [0.15, 0.2) is 5.65 Å². The lowest BCUT2D eigenvalue weighted by Gasteiger charge is -2.45. The summed E-state index contributed by atoms with van der Waals surface area (Å²) in [5.41, 5.74) is 2.88. The number of hydrogen-bond acceptors (Lipinski definition) is 4. The molecule has 1 aliphatic heterocycles. The second kappa shape index (κ2) is 7.76. The predicted molar refractivity (Wildman–Crippen MR) is 115 cm³/mol. The van der Waals surface area contributed by atoms with Crippen molar-refractivity contribution in [3.63, 3.8) is 0 Å². The molecule has 0 atom stereocenters. The molecule has 1 fully saturated rings. The van der Waals surface area contributed by atoms with Gasteiger partial charge >= 0.3 is 0 Å². The number of carbonyl (C=O) groups excluding carboxylic acids is 2. The van der Waals surface area contributed by atoms with Crippen molar-refractivity contribution in [1.82, 2.24) is 24.4 Å². The van der Waals surface area contributed by atoms with Crippen LogP contribution in [0.3, 0.4) is 0 Å². The Bertz CT molecular complexity index is 1140. The zero-order valence-corrected chi connectivity index (χ0v) is 18.2. The minimum Gasteiger partial charge on any atom is -0.341 e. The molecule has 7 nitrogen and oxygen atoms in total. The number of fused-ring (bicyclic) bond motifs is 1. The zero-order valence-electron chi connectivity index (χ0n) is 18.2. The maximum Gasteiger partial charge on any atom is 0.274 e. The number of nitrogens with zero attached hydrogens (tertiary/aromatic N) is 5. The molecule has 2 aromatic heterocycles. The molecule has 0 spiro atoms. The summed E-state index contributed by atoms with van der Waals surface area (Å²) in [7, 11) is 0. The molecule has 31 heavy (non-hydrogen) atoms. The van der Waals surface area contributed by atoms with E-state index < -0.39 is 5.54 Å². The zero-order chi connectivity index (χ0) is 22.3. The molecule has 3 aromatic rings. The first-order valence-corrected chi connectivity index (χ1v) is 10.4. The van der Waals surface area contributed by atoms with Gasteiger partial charge in [0.1, 0.15) is 11.5 Å². The van der Waals surface area contributed by atoms with E-state index in [4.69, 9.17) is 0 Å². The Balaban J connectivity index is 1.75. The number of benzene rings is 1. The summed E-state index contributed by atoms with van der Waals surface area (Å²) in [6.45, 7) is 9.42. The topological polar surface area (TPSA) is 70.8 Å². The lowest BCUT2D eigenvalue weighted by molar-refractivity contribution is -0.122. The molecule has 0 unspecified atom stereocenters. The molecule has 1 aliphatic rings. The Labute approximate surface area is 180 Å². The highest BCUT2D eigenvalue weighted by molar-refractivity contribution is 5.93. The van der Waals surface area contributed by atoms with Gasteiger partial charge in [-0.3, -0.25) is 9.59 Å². The Morgan fingerprint density at radius 3 is 2.52 bits per heavy atom. The lowest BCUT2D eigenvalue weighted by Crippen LogP contribution is -2.60. The summed E-state index contributed by atoms with van der Waals surface area (Å²) in [5.74, 6) is -0.330. The minimum atomic E-state index is -0.500. The average Bonchev–Trinajstić information content (AvgIpc) is 3.16. The quantitative estimate of drug-likeness (QED) is 0.604. The Morgan fingerprint density at radius 2 is 1.90 bits per heavy atom. The van der Waals surface area contributed by atoms with Crippen molar-refractivity contribution in [3.8, 4) is 11.3 Å². The van der Waals surface area contributed by atoms with Crippen molar-refractivity contribution in [2.45, 2.75) is 39.2 Å². The number of imidazole rings is 1. The Kier molecular flexibility index (Phi) is 5.24. The molecular formula is C23H26FN5O2. The summed E-state index contributed by atoms with van der Waals surface area (Å²) >= 11 is 0. The highest BCUT2D eigenvalue weighted by atomic mass is 19.1. The molecule has 0 aliphatic carbocycles. The molecule has 2 amide bonds. The standard InChI is InChI=1S/C23H26FN5O2/c1-15(2)18-11-19(16-5-7-17(24)8-6-16)26-29-12-20(25-21(18)29)22(31)28-10-9-27(14-30)13-23(28,3)4/h5-8,11-12,14-15H,9-10,13H2,1-4H3. The summed E-state index contributed by atoms with van der Waals surface area (Å²) < 4.78 is 15.0. The second-order valence-electron chi connectivity index (χ2n) is 8.89. The van der Waals surface area contributed by atoms with E-state index in [9.17, 15) is 14.0 Å². The van der Waals surface area contributed by atoms with Crippen molar-refractivity contribution in [2.24, 2.45) is 0 Å². The molecule has 3 heterocycles. The van der Waals surface area contributed by atoms with Crippen LogP contribution in [-0.4, -0.2) is 61.9 Å². The van der Waals surface area contributed by atoms with Crippen molar-refractivity contribution < 1.29 is 14.0 Å². The van der Waals surface area contributed by atoms with Crippen LogP contribution in [0.4, 0.5) is 4.39 Å². The van der Waals surface area contributed by atoms with Crippen LogP contribution in [0.15, 0.2) is 36.5 Å². The van der Waals surface area contributed by atoms with Crippen molar-refractivity contribution in [2.75, 3.05) is 19.6 Å². The largest absolute Gasteiger partial charge is 0.341 e. The van der Waals surface area contributed by atoms with Gasteiger partial charge in [-0.15, -0.1) is 0 Å². The van der Waals surface area contributed by atoms with E-state index in [0.717, 1.165) is 17.5 Å². The first-order chi connectivity index (χ1) is 14.7. The number of hydrogen-bond donors (Lipinski definition) is 0. The Hall–Kier alpha value is -3.29. The first kappa shape index (κ1) is 21.0. The van der Waals surface area contributed by atoms with Crippen LogP contribution in [0.2, 0.25) is 0 Å². The SMILES string of the molecule is CC(C)c1cc(-c2ccc(F)cc2)nn2cc(C(=O)N3CCN(C=O)CC3(C)C)nc12. The van der Waals surface area contributed by atoms with Crippen LogP contribution < -0.4 is 0 Å². The van der Waals surface area contributed by atoms with Gasteiger partial charge < -0.3 is 9.80 Å². The summed E-state index contributed by atoms with van der Waals surface area (Å²) in [6, 6.07) is 8.12. The van der Waals surface area contributed by atoms with Gasteiger partial charge in [-0.2, -0.15) is 5.10 Å². The van der Waals surface area contributed by atoms with Gasteiger partial charge in [-0.25, -0.2) is 13.9 Å². The molecule has 1 saturated heterocycles. The fraction of sp³-hybridized carbons (Fsp3) is 0.391. The van der Waals surface area contributed by atoms with E-state index in [1.54, 1.807) is 32.6 Å². The van der Waals surface area contributed by atoms with E-state index in [-0.39, 0.29) is 17.6 Å². The van der Waals surface area contributed by atoms with Crippen LogP contribution in [0.1, 0.15) is 49.7 Å². The van der Waals surface area contributed by atoms with Gasteiger partial charge in [0.25, 0.3) is 5.91 Å². The molecule has 162 valence electrons. The molecule has 1 aromatic carbocycles. The van der Waals surface area contributed by atoms with E-state index in [0.29, 0.717) is 36.7 Å². The maximum absolute atomic E-state index is 13.3. The molecule has 0 radical (unpaired) electrons. The van der Waals surface area contributed by atoms with E-state index >= 15 is 0 Å². The Morgan fingerprint density at radius 1 is 1.19 bits per heavy atom. The van der Waals surface area contributed by atoms with E-state index in [1.807, 2.05) is 19.9 Å². The smallest absolute Gasteiger partial charge is 0.274 e. The average molecular weight is 423 g/mol. The third-order valence-electron chi connectivity index (χ3n) is 5.76. The lowest BCUT2D eigenvalue weighted by atomic mass is 9.98. The maximum atomic E-state index is 13.3. The second-order valence-corrected chi connectivity index (χ2v) is 8.89. The number of rotatable bonds is 4. The van der Waals surface area contributed by atoms with Crippen molar-refractivity contribution >= 4 is 18.0 Å². The van der Waals surface area contributed by atoms with Crippen molar-refractivity contribution in [3.05, 3.63) is 53.6 Å². The predicted octanol–water partition coefficient (Wildman–Crippen LogP) is 3.35. The van der Waals surface area contributed by atoms with Gasteiger partial charge in [0.05, 0.1) is 17.4 Å². The summed E-state index contributed by atoms with van der Waals surface area (Å²) in [5, 5.41) is 4.63. The van der Waals surface area contributed by atoms with Gasteiger partial charge in [0, 0.05) is 30.8 Å². The number of carbonyl (C=O) groups is 2. The normalized spacial score (nSPS) is 16.2. The van der Waals surface area contributed by atoms with Crippen LogP contribution in [0.5, 0.6) is 0 Å². The van der Waals surface area contributed by atoms with Crippen LogP contribution >= 0.6 is 0 Å². The molecule has 0 saturated carbocycles. The van der Waals surface area contributed by atoms with E-state index in [2.05, 4.69) is 23.9 Å². The minimum absolute atomic E-state index is 0.155. The number of halogens is 1. The van der Waals surface area contributed by atoms with E-state index in [1.165, 1.54) is 12.1 Å². The van der Waals surface area contributed by atoms with Crippen LogP contribution in [-0.2, 0) is 4.79 Å². The fourth-order valence-corrected chi connectivity index (χ4v) is 4.09. The highest BCUT2D eigenvalue weighted by Crippen LogP contribution is 2.27. The number of aromatic nitrogens is 3. The van der Waals surface area contributed by atoms with Gasteiger partial charge in [-0.05, 0) is 50.1 Å². The number of piperazine rings is 1. The number of amides is 2. The highest BCUT2D eigenvalue weighted by Gasteiger charge is 2.37. The molecule has 0 N–H and O–H groups in total. The van der Waals surface area contributed by atoms with Crippen LogP contribution in [0.25, 0.3) is 16.9 Å².